The summed E-state index contributed by atoms with van der Waals surface area (Å²) < 4.78 is 12.9. The maximum absolute atomic E-state index is 12.9. The number of nitrogens with one attached hydrogen (secondary N) is 2. The minimum atomic E-state index is -0.399. The monoisotopic (exact) mass is 348 g/mol. The highest BCUT2D eigenvalue weighted by molar-refractivity contribution is 5.99. The van der Waals surface area contributed by atoms with E-state index in [-0.39, 0.29) is 11.6 Å². The number of carbonyl (C=O) groups excluding carboxylic acids is 1. The summed E-state index contributed by atoms with van der Waals surface area (Å²) in [4.78, 5) is 11.9. The summed E-state index contributed by atoms with van der Waals surface area (Å²) in [5.41, 5.74) is 3.11. The summed E-state index contributed by atoms with van der Waals surface area (Å²) >= 11 is 0. The second kappa shape index (κ2) is 7.98. The molecule has 0 heterocycles. The molecule has 4 nitrogen and oxygen atoms in total. The number of hydrogen-bond acceptors (Lipinski definition) is 2. The van der Waals surface area contributed by atoms with Gasteiger partial charge in [0.05, 0.1) is 0 Å². The van der Waals surface area contributed by atoms with E-state index >= 15 is 0 Å². The average Bonchev–Trinajstić information content (AvgIpc) is 2.64. The zero-order chi connectivity index (χ0) is 18.4. The predicted octanol–water partition coefficient (Wildman–Crippen LogP) is 5.35. The van der Waals surface area contributed by atoms with Gasteiger partial charge in [-0.05, 0) is 59.7 Å². The fourth-order valence-electron chi connectivity index (χ4n) is 2.28. The van der Waals surface area contributed by atoms with Crippen molar-refractivity contribution in [1.82, 2.24) is 0 Å². The second-order valence-corrected chi connectivity index (χ2v) is 5.63. The van der Waals surface area contributed by atoms with Crippen molar-refractivity contribution in [2.24, 2.45) is 0 Å². The van der Waals surface area contributed by atoms with Crippen molar-refractivity contribution in [3.8, 4) is 5.75 Å². The first kappa shape index (κ1) is 17.2. The van der Waals surface area contributed by atoms with E-state index in [1.807, 2.05) is 36.4 Å². The van der Waals surface area contributed by atoms with Crippen LogP contribution in [0.1, 0.15) is 11.1 Å². The number of benzene rings is 3. The van der Waals surface area contributed by atoms with E-state index in [9.17, 15) is 14.3 Å². The lowest BCUT2D eigenvalue weighted by atomic mass is 10.1. The molecule has 0 aliphatic rings. The number of urea groups is 1. The Kier molecular flexibility index (Phi) is 5.29. The quantitative estimate of drug-likeness (QED) is 0.557. The van der Waals surface area contributed by atoms with Crippen LogP contribution in [-0.2, 0) is 0 Å². The summed E-state index contributed by atoms with van der Waals surface area (Å²) in [7, 11) is 0. The van der Waals surface area contributed by atoms with Gasteiger partial charge in [0.1, 0.15) is 11.6 Å². The Bertz CT molecular complexity index is 902. The summed E-state index contributed by atoms with van der Waals surface area (Å²) in [5.74, 6) is -0.122. The third kappa shape index (κ3) is 4.95. The first-order valence-electron chi connectivity index (χ1n) is 7.99. The molecular formula is C21H17FN2O2. The van der Waals surface area contributed by atoms with Gasteiger partial charge in [-0.25, -0.2) is 9.18 Å². The topological polar surface area (TPSA) is 61.4 Å². The standard InChI is InChI=1S/C21H17FN2O2/c22-17-7-11-19(12-8-17)24-21(26)23-18-9-3-15(4-10-18)1-2-16-5-13-20(25)14-6-16/h1-14,25H,(H2,23,24,26)/b2-1+. The fourth-order valence-corrected chi connectivity index (χ4v) is 2.28. The number of phenols is 1. The molecule has 0 radical (unpaired) electrons. The molecule has 2 amide bonds. The summed E-state index contributed by atoms with van der Waals surface area (Å²) in [6, 6.07) is 19.4. The molecule has 130 valence electrons. The van der Waals surface area contributed by atoms with Crippen LogP contribution in [0.15, 0.2) is 72.8 Å². The van der Waals surface area contributed by atoms with E-state index in [1.165, 1.54) is 24.3 Å². The first-order chi connectivity index (χ1) is 12.6. The van der Waals surface area contributed by atoms with Crippen LogP contribution < -0.4 is 10.6 Å². The van der Waals surface area contributed by atoms with Crippen molar-refractivity contribution in [2.75, 3.05) is 10.6 Å². The number of aromatic hydroxyl groups is 1. The van der Waals surface area contributed by atoms with Crippen LogP contribution in [0.3, 0.4) is 0 Å². The number of anilines is 2. The van der Waals surface area contributed by atoms with Crippen molar-refractivity contribution < 1.29 is 14.3 Å². The Morgan fingerprint density at radius 1 is 0.731 bits per heavy atom. The normalized spacial score (nSPS) is 10.7. The zero-order valence-electron chi connectivity index (χ0n) is 13.8. The van der Waals surface area contributed by atoms with Gasteiger partial charge in [0.15, 0.2) is 0 Å². The lowest BCUT2D eigenvalue weighted by molar-refractivity contribution is 0.262. The van der Waals surface area contributed by atoms with E-state index < -0.39 is 6.03 Å². The van der Waals surface area contributed by atoms with E-state index in [0.717, 1.165) is 11.1 Å². The molecule has 3 N–H and O–H groups in total. The Morgan fingerprint density at radius 3 is 1.65 bits per heavy atom. The maximum atomic E-state index is 12.9. The van der Waals surface area contributed by atoms with Gasteiger partial charge in [0.25, 0.3) is 0 Å². The first-order valence-corrected chi connectivity index (χ1v) is 7.99. The largest absolute Gasteiger partial charge is 0.508 e. The van der Waals surface area contributed by atoms with Crippen LogP contribution in [0, 0.1) is 5.82 Å². The average molecular weight is 348 g/mol. The highest BCUT2D eigenvalue weighted by Gasteiger charge is 2.02. The van der Waals surface area contributed by atoms with Crippen molar-refractivity contribution in [3.05, 3.63) is 89.7 Å². The van der Waals surface area contributed by atoms with E-state index in [1.54, 1.807) is 24.3 Å². The number of amides is 2. The molecule has 3 rings (SSSR count). The molecule has 0 bridgehead atoms. The third-order valence-corrected chi connectivity index (χ3v) is 3.63. The molecule has 0 aliphatic carbocycles. The van der Waals surface area contributed by atoms with Crippen LogP contribution >= 0.6 is 0 Å². The van der Waals surface area contributed by atoms with Gasteiger partial charge in [-0.2, -0.15) is 0 Å². The molecule has 0 saturated heterocycles. The van der Waals surface area contributed by atoms with Crippen molar-refractivity contribution >= 4 is 29.6 Å². The number of phenolic OH excluding ortho intramolecular Hbond substituents is 1. The fraction of sp³-hybridized carbons (Fsp3) is 0. The summed E-state index contributed by atoms with van der Waals surface area (Å²) in [5, 5.41) is 14.6. The van der Waals surface area contributed by atoms with Crippen LogP contribution in [0.4, 0.5) is 20.6 Å². The highest BCUT2D eigenvalue weighted by atomic mass is 19.1. The predicted molar refractivity (Wildman–Crippen MR) is 103 cm³/mol. The molecule has 3 aromatic rings. The molecule has 3 aromatic carbocycles. The van der Waals surface area contributed by atoms with E-state index in [4.69, 9.17) is 0 Å². The molecule has 0 unspecified atom stereocenters. The highest BCUT2D eigenvalue weighted by Crippen LogP contribution is 2.15. The molecule has 0 saturated carbocycles. The number of hydrogen-bond donors (Lipinski definition) is 3. The number of rotatable bonds is 4. The molecule has 26 heavy (non-hydrogen) atoms. The lowest BCUT2D eigenvalue weighted by Gasteiger charge is -2.08. The molecule has 0 spiro atoms. The number of halogens is 1. The summed E-state index contributed by atoms with van der Waals surface area (Å²) in [6.07, 6.45) is 3.87. The molecule has 0 fully saturated rings. The second-order valence-electron chi connectivity index (χ2n) is 5.63. The van der Waals surface area contributed by atoms with Crippen LogP contribution in [0.25, 0.3) is 12.2 Å². The Hall–Kier alpha value is -3.60. The van der Waals surface area contributed by atoms with Gasteiger partial charge in [-0.3, -0.25) is 0 Å². The third-order valence-electron chi connectivity index (χ3n) is 3.63. The van der Waals surface area contributed by atoms with Crippen LogP contribution in [0.2, 0.25) is 0 Å². The molecule has 0 atom stereocenters. The van der Waals surface area contributed by atoms with Gasteiger partial charge in [0, 0.05) is 11.4 Å². The SMILES string of the molecule is O=C(Nc1ccc(F)cc1)Nc1ccc(/C=C/c2ccc(O)cc2)cc1. The van der Waals surface area contributed by atoms with Gasteiger partial charge in [0.2, 0.25) is 0 Å². The smallest absolute Gasteiger partial charge is 0.323 e. The lowest BCUT2D eigenvalue weighted by Crippen LogP contribution is -2.19. The van der Waals surface area contributed by atoms with E-state index in [2.05, 4.69) is 10.6 Å². The van der Waals surface area contributed by atoms with Crippen molar-refractivity contribution in [1.29, 1.82) is 0 Å². The van der Waals surface area contributed by atoms with E-state index in [0.29, 0.717) is 11.4 Å². The number of carbonyl (C=O) groups is 1. The minimum absolute atomic E-state index is 0.233. The Morgan fingerprint density at radius 2 is 1.15 bits per heavy atom. The zero-order valence-corrected chi connectivity index (χ0v) is 13.8. The van der Waals surface area contributed by atoms with Crippen molar-refractivity contribution in [3.63, 3.8) is 0 Å². The molecule has 0 aliphatic heterocycles. The van der Waals surface area contributed by atoms with Crippen LogP contribution in [-0.4, -0.2) is 11.1 Å². The van der Waals surface area contributed by atoms with Crippen LogP contribution in [0.5, 0.6) is 5.75 Å². The molecular weight excluding hydrogens is 331 g/mol. The molecule has 5 heteroatoms. The van der Waals surface area contributed by atoms with Gasteiger partial charge < -0.3 is 15.7 Å². The van der Waals surface area contributed by atoms with Gasteiger partial charge >= 0.3 is 6.03 Å². The van der Waals surface area contributed by atoms with Crippen molar-refractivity contribution in [2.45, 2.75) is 0 Å². The Labute approximate surface area is 150 Å². The summed E-state index contributed by atoms with van der Waals surface area (Å²) in [6.45, 7) is 0. The maximum Gasteiger partial charge on any atom is 0.323 e. The minimum Gasteiger partial charge on any atom is -0.508 e. The van der Waals surface area contributed by atoms with Gasteiger partial charge in [-0.1, -0.05) is 36.4 Å². The van der Waals surface area contributed by atoms with Gasteiger partial charge in [-0.15, -0.1) is 0 Å². The Balaban J connectivity index is 1.57. The molecule has 0 aromatic heterocycles.